The summed E-state index contributed by atoms with van der Waals surface area (Å²) in [6.07, 6.45) is 0. The third kappa shape index (κ3) is 2.95. The van der Waals surface area contributed by atoms with E-state index in [9.17, 15) is 0 Å². The van der Waals surface area contributed by atoms with Crippen molar-refractivity contribution in [3.63, 3.8) is 0 Å². The molecule has 0 atom stereocenters. The molecule has 2 heterocycles. The lowest BCUT2D eigenvalue weighted by Crippen LogP contribution is -2.03. The van der Waals surface area contributed by atoms with Crippen LogP contribution in [-0.2, 0) is 0 Å². The van der Waals surface area contributed by atoms with Gasteiger partial charge in [0.15, 0.2) is 11.6 Å². The van der Waals surface area contributed by atoms with Crippen LogP contribution in [0.15, 0.2) is 60.7 Å². The minimum Gasteiger partial charge on any atom is -0.337 e. The molecule has 0 fully saturated rings. The molecule has 0 amide bonds. The van der Waals surface area contributed by atoms with Gasteiger partial charge in [0.2, 0.25) is 11.3 Å². The van der Waals surface area contributed by atoms with Crippen LogP contribution in [0.2, 0.25) is 0 Å². The number of hydrogen-bond acceptors (Lipinski definition) is 7. The fourth-order valence-corrected chi connectivity index (χ4v) is 2.57. The fraction of sp³-hybridized carbons (Fsp3) is 0. The molecule has 0 unspecified atom stereocenters. The predicted octanol–water partition coefficient (Wildman–Crippen LogP) is 3.97. The molecular formula is C16H12N6S. The van der Waals surface area contributed by atoms with Crippen LogP contribution in [0.3, 0.4) is 0 Å². The first-order valence-corrected chi connectivity index (χ1v) is 7.76. The molecule has 4 aromatic rings. The molecule has 0 spiro atoms. The molecule has 2 N–H and O–H groups in total. The van der Waals surface area contributed by atoms with Gasteiger partial charge in [-0.2, -0.15) is 8.75 Å². The van der Waals surface area contributed by atoms with Crippen LogP contribution in [0.5, 0.6) is 0 Å². The van der Waals surface area contributed by atoms with Crippen LogP contribution in [0.1, 0.15) is 0 Å². The minimum absolute atomic E-state index is 0.534. The largest absolute Gasteiger partial charge is 0.337 e. The first-order valence-electron chi connectivity index (χ1n) is 7.03. The second kappa shape index (κ2) is 5.98. The number of hydrogen-bond donors (Lipinski definition) is 2. The molecule has 0 saturated heterocycles. The molecular weight excluding hydrogens is 308 g/mol. The van der Waals surface area contributed by atoms with Gasteiger partial charge in [-0.1, -0.05) is 36.4 Å². The van der Waals surface area contributed by atoms with Gasteiger partial charge in [-0.25, -0.2) is 9.97 Å². The zero-order chi connectivity index (χ0) is 15.5. The van der Waals surface area contributed by atoms with Crippen molar-refractivity contribution in [1.29, 1.82) is 0 Å². The van der Waals surface area contributed by atoms with Crippen molar-refractivity contribution in [2.75, 3.05) is 10.6 Å². The molecule has 0 radical (unpaired) electrons. The number of fused-ring (bicyclic) bond motifs is 1. The molecule has 0 aliphatic heterocycles. The summed E-state index contributed by atoms with van der Waals surface area (Å²) in [5, 5.41) is 6.55. The highest BCUT2D eigenvalue weighted by Gasteiger charge is 2.12. The topological polar surface area (TPSA) is 75.6 Å². The number of anilines is 4. The van der Waals surface area contributed by atoms with Crippen LogP contribution in [0, 0.1) is 0 Å². The van der Waals surface area contributed by atoms with Gasteiger partial charge in [0.25, 0.3) is 0 Å². The predicted molar refractivity (Wildman–Crippen MR) is 92.5 cm³/mol. The quantitative estimate of drug-likeness (QED) is 0.592. The third-order valence-electron chi connectivity index (χ3n) is 3.19. The summed E-state index contributed by atoms with van der Waals surface area (Å²) in [6, 6.07) is 19.7. The molecule has 7 heteroatoms. The fourth-order valence-electron chi connectivity index (χ4n) is 2.13. The van der Waals surface area contributed by atoms with E-state index < -0.39 is 0 Å². The van der Waals surface area contributed by atoms with Gasteiger partial charge in [0.05, 0.1) is 11.7 Å². The molecule has 23 heavy (non-hydrogen) atoms. The number of rotatable bonds is 4. The van der Waals surface area contributed by atoms with Gasteiger partial charge in [-0.05, 0) is 24.3 Å². The van der Waals surface area contributed by atoms with Crippen LogP contribution in [0.4, 0.5) is 23.0 Å². The Morgan fingerprint density at radius 3 is 1.48 bits per heavy atom. The monoisotopic (exact) mass is 320 g/mol. The average Bonchev–Trinajstić information content (AvgIpc) is 3.04. The van der Waals surface area contributed by atoms with Crippen molar-refractivity contribution < 1.29 is 0 Å². The SMILES string of the molecule is c1ccc(Nc2nc3nsnc3nc2Nc2ccccc2)cc1. The molecule has 0 aliphatic rings. The van der Waals surface area contributed by atoms with Gasteiger partial charge < -0.3 is 10.6 Å². The van der Waals surface area contributed by atoms with E-state index in [2.05, 4.69) is 29.3 Å². The van der Waals surface area contributed by atoms with Crippen molar-refractivity contribution in [2.45, 2.75) is 0 Å². The van der Waals surface area contributed by atoms with E-state index in [1.165, 1.54) is 0 Å². The molecule has 2 aromatic carbocycles. The normalized spacial score (nSPS) is 10.6. The smallest absolute Gasteiger partial charge is 0.214 e. The van der Waals surface area contributed by atoms with Crippen molar-refractivity contribution in [3.05, 3.63) is 60.7 Å². The van der Waals surface area contributed by atoms with Crippen LogP contribution < -0.4 is 10.6 Å². The average molecular weight is 320 g/mol. The highest BCUT2D eigenvalue weighted by molar-refractivity contribution is 6.99. The third-order valence-corrected chi connectivity index (χ3v) is 3.70. The summed E-state index contributed by atoms with van der Waals surface area (Å²) in [7, 11) is 0. The molecule has 6 nitrogen and oxygen atoms in total. The summed E-state index contributed by atoms with van der Waals surface area (Å²) in [4.78, 5) is 9.05. The number of aromatic nitrogens is 4. The molecule has 112 valence electrons. The van der Waals surface area contributed by atoms with E-state index in [0.29, 0.717) is 22.9 Å². The van der Waals surface area contributed by atoms with Crippen molar-refractivity contribution in [2.24, 2.45) is 0 Å². The Morgan fingerprint density at radius 2 is 1.04 bits per heavy atom. The Labute approximate surface area is 136 Å². The van der Waals surface area contributed by atoms with Gasteiger partial charge >= 0.3 is 0 Å². The zero-order valence-corrected chi connectivity index (χ0v) is 12.8. The van der Waals surface area contributed by atoms with Gasteiger partial charge in [0, 0.05) is 11.4 Å². The molecule has 4 rings (SSSR count). The molecule has 0 saturated carbocycles. The zero-order valence-electron chi connectivity index (χ0n) is 12.0. The van der Waals surface area contributed by atoms with Crippen molar-refractivity contribution in [3.8, 4) is 0 Å². The van der Waals surface area contributed by atoms with Crippen molar-refractivity contribution >= 4 is 46.0 Å². The first-order chi connectivity index (χ1) is 11.4. The van der Waals surface area contributed by atoms with Crippen LogP contribution in [0.25, 0.3) is 11.3 Å². The Balaban J connectivity index is 1.75. The maximum atomic E-state index is 4.53. The Kier molecular flexibility index (Phi) is 3.53. The second-order valence-corrected chi connectivity index (χ2v) is 5.34. The number of nitrogens with zero attached hydrogens (tertiary/aromatic N) is 4. The maximum Gasteiger partial charge on any atom is 0.214 e. The summed E-state index contributed by atoms with van der Waals surface area (Å²) < 4.78 is 8.32. The standard InChI is InChI=1S/C16H12N6S/c1-3-7-11(8-4-1)17-13-14(18-12-9-5-2-6-10-12)20-16-15(19-13)21-23-22-16/h1-10H,(H,17,19,21)(H,18,20,22). The van der Waals surface area contributed by atoms with Crippen LogP contribution >= 0.6 is 11.7 Å². The molecule has 0 bridgehead atoms. The minimum atomic E-state index is 0.534. The maximum absolute atomic E-state index is 4.53. The summed E-state index contributed by atoms with van der Waals surface area (Å²) >= 11 is 1.10. The van der Waals surface area contributed by atoms with E-state index in [4.69, 9.17) is 0 Å². The Morgan fingerprint density at radius 1 is 0.609 bits per heavy atom. The summed E-state index contributed by atoms with van der Waals surface area (Å²) in [5.74, 6) is 1.22. The Hall–Kier alpha value is -3.06. The summed E-state index contributed by atoms with van der Waals surface area (Å²) in [5.41, 5.74) is 2.93. The second-order valence-electron chi connectivity index (χ2n) is 4.81. The number of nitrogens with one attached hydrogen (secondary N) is 2. The van der Waals surface area contributed by atoms with E-state index >= 15 is 0 Å². The van der Waals surface area contributed by atoms with Gasteiger partial charge in [-0.3, -0.25) is 0 Å². The Bertz CT molecular complexity index is 848. The summed E-state index contributed by atoms with van der Waals surface area (Å²) in [6.45, 7) is 0. The van der Waals surface area contributed by atoms with Crippen LogP contribution in [-0.4, -0.2) is 18.7 Å². The lowest BCUT2D eigenvalue weighted by atomic mass is 10.3. The van der Waals surface area contributed by atoms with E-state index in [0.717, 1.165) is 23.1 Å². The molecule has 0 aliphatic carbocycles. The number of para-hydroxylation sites is 2. The van der Waals surface area contributed by atoms with Gasteiger partial charge in [-0.15, -0.1) is 0 Å². The number of benzene rings is 2. The van der Waals surface area contributed by atoms with E-state index in [-0.39, 0.29) is 0 Å². The van der Waals surface area contributed by atoms with Crippen molar-refractivity contribution in [1.82, 2.24) is 18.7 Å². The lowest BCUT2D eigenvalue weighted by Gasteiger charge is -2.11. The highest BCUT2D eigenvalue weighted by Crippen LogP contribution is 2.26. The first kappa shape index (κ1) is 13.6. The molecule has 2 aromatic heterocycles. The van der Waals surface area contributed by atoms with Gasteiger partial charge in [0.1, 0.15) is 0 Å². The van der Waals surface area contributed by atoms with E-state index in [1.54, 1.807) is 0 Å². The van der Waals surface area contributed by atoms with E-state index in [1.807, 2.05) is 60.7 Å². The highest BCUT2D eigenvalue weighted by atomic mass is 32.1. The lowest BCUT2D eigenvalue weighted by molar-refractivity contribution is 1.24.